The Labute approximate surface area is 199 Å². The number of Topliss-reactive ketones (excluding diaryl/α,β-unsaturated/α-hetero) is 1. The third-order valence-electron chi connectivity index (χ3n) is 5.63. The van der Waals surface area contributed by atoms with E-state index in [1.54, 1.807) is 12.1 Å². The van der Waals surface area contributed by atoms with Gasteiger partial charge in [-0.1, -0.05) is 11.8 Å². The van der Waals surface area contributed by atoms with Crippen molar-refractivity contribution >= 4 is 23.5 Å². The Kier molecular flexibility index (Phi) is 7.01. The number of nitrogens with two attached hydrogens (primary N) is 1. The zero-order chi connectivity index (χ0) is 24.4. The second-order valence-corrected chi connectivity index (χ2v) is 9.11. The van der Waals surface area contributed by atoms with Crippen molar-refractivity contribution in [1.29, 1.82) is 0 Å². The number of aromatic nitrogens is 4. The molecule has 0 spiro atoms. The molecule has 1 aliphatic carbocycles. The van der Waals surface area contributed by atoms with Crippen LogP contribution in [0.15, 0.2) is 35.5 Å². The lowest BCUT2D eigenvalue weighted by Gasteiger charge is -2.11. The zero-order valence-electron chi connectivity index (χ0n) is 18.8. The molecule has 11 heteroatoms. The number of thioether (sulfide) groups is 1. The highest BCUT2D eigenvalue weighted by atomic mass is 32.2. The molecule has 0 unspecified atom stereocenters. The van der Waals surface area contributed by atoms with Crippen molar-refractivity contribution < 1.29 is 23.1 Å². The van der Waals surface area contributed by atoms with Gasteiger partial charge in [-0.15, -0.1) is 10.2 Å². The van der Waals surface area contributed by atoms with Gasteiger partial charge in [0.15, 0.2) is 10.9 Å². The van der Waals surface area contributed by atoms with Gasteiger partial charge in [-0.2, -0.15) is 8.78 Å². The molecule has 34 heavy (non-hydrogen) atoms. The van der Waals surface area contributed by atoms with Crippen LogP contribution in [-0.4, -0.2) is 43.4 Å². The first-order chi connectivity index (χ1) is 16.2. The van der Waals surface area contributed by atoms with Crippen LogP contribution in [0.25, 0.3) is 5.69 Å². The Morgan fingerprint density at radius 3 is 2.53 bits per heavy atom. The fraction of sp³-hybridized carbons (Fsp3) is 0.391. The van der Waals surface area contributed by atoms with Crippen LogP contribution < -0.4 is 10.5 Å². The number of nitrogens with zero attached hydrogens (tertiary/aromatic N) is 4. The fourth-order valence-corrected chi connectivity index (χ4v) is 4.85. The molecule has 0 atom stereocenters. The van der Waals surface area contributed by atoms with Gasteiger partial charge in [0.05, 0.1) is 5.75 Å². The highest BCUT2D eigenvalue weighted by molar-refractivity contribution is 7.99. The van der Waals surface area contributed by atoms with E-state index in [0.717, 1.165) is 29.9 Å². The van der Waals surface area contributed by atoms with Gasteiger partial charge in [-0.05, 0) is 57.0 Å². The number of ether oxygens (including phenoxy) is 1. The third-order valence-corrected chi connectivity index (χ3v) is 6.57. The van der Waals surface area contributed by atoms with Crippen molar-refractivity contribution in [1.82, 2.24) is 19.3 Å². The van der Waals surface area contributed by atoms with Crippen LogP contribution >= 0.6 is 11.8 Å². The van der Waals surface area contributed by atoms with E-state index in [4.69, 9.17) is 5.73 Å². The lowest BCUT2D eigenvalue weighted by atomic mass is 10.2. The van der Waals surface area contributed by atoms with Gasteiger partial charge in [0, 0.05) is 41.5 Å². The summed E-state index contributed by atoms with van der Waals surface area (Å²) in [7, 11) is 0. The Morgan fingerprint density at radius 1 is 1.21 bits per heavy atom. The first-order valence-corrected chi connectivity index (χ1v) is 11.9. The summed E-state index contributed by atoms with van der Waals surface area (Å²) in [4.78, 5) is 24.2. The summed E-state index contributed by atoms with van der Waals surface area (Å²) < 4.78 is 33.1. The molecule has 2 N–H and O–H groups in total. The van der Waals surface area contributed by atoms with Crippen LogP contribution in [-0.2, 0) is 11.2 Å². The Bertz CT molecular complexity index is 1200. The summed E-state index contributed by atoms with van der Waals surface area (Å²) in [6.07, 6.45) is 2.67. The van der Waals surface area contributed by atoms with Crippen LogP contribution in [0.1, 0.15) is 52.9 Å². The summed E-state index contributed by atoms with van der Waals surface area (Å²) in [5.41, 5.74) is 8.21. The van der Waals surface area contributed by atoms with Gasteiger partial charge in [0.1, 0.15) is 11.6 Å². The standard InChI is InChI=1S/C23H25F2N5O3S/c1-13-11-18(14(2)29(13)15-5-7-17(8-6-15)33-22(24)25)19(31)12-34-23-28-27-21(10-9-20(26)32)30(23)16-3-4-16/h5-8,11,16,22H,3-4,9-10,12H2,1-2H3,(H2,26,32). The maximum Gasteiger partial charge on any atom is 0.387 e. The van der Waals surface area contributed by atoms with Crippen molar-refractivity contribution in [3.8, 4) is 11.4 Å². The molecule has 8 nitrogen and oxygen atoms in total. The molecule has 0 aliphatic heterocycles. The number of hydrogen-bond acceptors (Lipinski definition) is 6. The van der Waals surface area contributed by atoms with Crippen LogP contribution in [0, 0.1) is 13.8 Å². The van der Waals surface area contributed by atoms with Gasteiger partial charge < -0.3 is 19.6 Å². The molecule has 2 aromatic heterocycles. The number of hydrogen-bond donors (Lipinski definition) is 1. The second kappa shape index (κ2) is 9.96. The van der Waals surface area contributed by atoms with E-state index in [9.17, 15) is 18.4 Å². The molecule has 1 fully saturated rings. The van der Waals surface area contributed by atoms with E-state index in [0.29, 0.717) is 29.0 Å². The van der Waals surface area contributed by atoms with Crippen molar-refractivity contribution in [2.45, 2.75) is 57.3 Å². The van der Waals surface area contributed by atoms with Gasteiger partial charge in [-0.25, -0.2) is 0 Å². The minimum Gasteiger partial charge on any atom is -0.435 e. The minimum atomic E-state index is -2.88. The molecule has 3 aromatic rings. The molecule has 1 aliphatic rings. The molecule has 1 aromatic carbocycles. The van der Waals surface area contributed by atoms with Gasteiger partial charge in [0.2, 0.25) is 5.91 Å². The van der Waals surface area contributed by atoms with Gasteiger partial charge in [0.25, 0.3) is 0 Å². The predicted molar refractivity (Wildman–Crippen MR) is 123 cm³/mol. The van der Waals surface area contributed by atoms with Gasteiger partial charge >= 0.3 is 6.61 Å². The molecule has 0 bridgehead atoms. The first kappa shape index (κ1) is 23.9. The number of alkyl halides is 2. The maximum absolute atomic E-state index is 13.1. The molecule has 0 saturated heterocycles. The monoisotopic (exact) mass is 489 g/mol. The average molecular weight is 490 g/mol. The van der Waals surface area contributed by atoms with Crippen LogP contribution in [0.5, 0.6) is 5.75 Å². The van der Waals surface area contributed by atoms with Crippen LogP contribution in [0.3, 0.4) is 0 Å². The molecule has 1 amide bonds. The number of carbonyl (C=O) groups excluding carboxylic acids is 2. The molecule has 180 valence electrons. The van der Waals surface area contributed by atoms with Crippen LogP contribution in [0.4, 0.5) is 8.78 Å². The quantitative estimate of drug-likeness (QED) is 0.322. The zero-order valence-corrected chi connectivity index (χ0v) is 19.6. The number of aryl methyl sites for hydroxylation is 2. The van der Waals surface area contributed by atoms with Crippen molar-refractivity contribution in [3.05, 3.63) is 53.1 Å². The number of rotatable bonds is 11. The minimum absolute atomic E-state index is 0.0500. The summed E-state index contributed by atoms with van der Waals surface area (Å²) in [6, 6.07) is 8.42. The Balaban J connectivity index is 1.48. The molecular weight excluding hydrogens is 464 g/mol. The lowest BCUT2D eigenvalue weighted by Crippen LogP contribution is -2.13. The number of amides is 1. The van der Waals surface area contributed by atoms with E-state index in [1.165, 1.54) is 23.9 Å². The van der Waals surface area contributed by atoms with Crippen molar-refractivity contribution in [2.75, 3.05) is 5.75 Å². The third kappa shape index (κ3) is 5.30. The van der Waals surface area contributed by atoms with Gasteiger partial charge in [-0.3, -0.25) is 9.59 Å². The number of halogens is 2. The maximum atomic E-state index is 13.1. The molecule has 0 radical (unpaired) electrons. The van der Waals surface area contributed by atoms with E-state index in [2.05, 4.69) is 14.9 Å². The first-order valence-electron chi connectivity index (χ1n) is 10.9. The average Bonchev–Trinajstić information content (AvgIpc) is 3.47. The Morgan fingerprint density at radius 2 is 1.91 bits per heavy atom. The number of carbonyl (C=O) groups is 2. The highest BCUT2D eigenvalue weighted by Crippen LogP contribution is 2.39. The van der Waals surface area contributed by atoms with Crippen molar-refractivity contribution in [3.63, 3.8) is 0 Å². The highest BCUT2D eigenvalue weighted by Gasteiger charge is 2.30. The summed E-state index contributed by atoms with van der Waals surface area (Å²) in [6.45, 7) is 0.853. The topological polar surface area (TPSA) is 105 Å². The van der Waals surface area contributed by atoms with Crippen LogP contribution in [0.2, 0.25) is 0 Å². The van der Waals surface area contributed by atoms with E-state index in [1.807, 2.05) is 29.0 Å². The summed E-state index contributed by atoms with van der Waals surface area (Å²) in [5, 5.41) is 9.12. The fourth-order valence-electron chi connectivity index (χ4n) is 3.94. The summed E-state index contributed by atoms with van der Waals surface area (Å²) in [5.74, 6) is 0.538. The molecule has 4 rings (SSSR count). The molecular formula is C23H25F2N5O3S. The second-order valence-electron chi connectivity index (χ2n) is 8.17. The van der Waals surface area contributed by atoms with E-state index < -0.39 is 6.61 Å². The molecule has 2 heterocycles. The molecule has 1 saturated carbocycles. The summed E-state index contributed by atoms with van der Waals surface area (Å²) >= 11 is 1.33. The largest absolute Gasteiger partial charge is 0.435 e. The normalized spacial score (nSPS) is 13.4. The number of primary amides is 1. The SMILES string of the molecule is Cc1cc(C(=O)CSc2nnc(CCC(N)=O)n2C2CC2)c(C)n1-c1ccc(OC(F)F)cc1. The lowest BCUT2D eigenvalue weighted by molar-refractivity contribution is -0.118. The Hall–Kier alpha value is -3.21. The van der Waals surface area contributed by atoms with E-state index in [-0.39, 0.29) is 29.6 Å². The number of ketones is 1. The predicted octanol–water partition coefficient (Wildman–Crippen LogP) is 4.01. The number of benzene rings is 1. The van der Waals surface area contributed by atoms with E-state index >= 15 is 0 Å². The smallest absolute Gasteiger partial charge is 0.387 e. The van der Waals surface area contributed by atoms with Crippen molar-refractivity contribution in [2.24, 2.45) is 5.73 Å².